The predicted octanol–water partition coefficient (Wildman–Crippen LogP) is 5.86. The summed E-state index contributed by atoms with van der Waals surface area (Å²) in [5.41, 5.74) is 5.45. The number of rotatable bonds is 9. The van der Waals surface area contributed by atoms with E-state index in [0.717, 1.165) is 15.8 Å². The largest absolute Gasteiger partial charge is 0.490 e. The standard InChI is InChI=1S/C26H23N3O5S/c1-3-33-23-12-19(8-10-22(23)34-16-18-6-4-17(2)5-7-18)15-27-28-26(30)25-14-20-13-21(29(31)32)9-11-24(20)35-25/h4-15H,3,16H2,1-2H3,(H,28,30). The minimum atomic E-state index is -0.462. The molecule has 0 aliphatic heterocycles. The number of carbonyl (C=O) groups is 1. The Hall–Kier alpha value is -4.24. The van der Waals surface area contributed by atoms with E-state index in [1.54, 1.807) is 24.3 Å². The van der Waals surface area contributed by atoms with Gasteiger partial charge in [-0.1, -0.05) is 29.8 Å². The van der Waals surface area contributed by atoms with Gasteiger partial charge in [-0.3, -0.25) is 14.9 Å². The lowest BCUT2D eigenvalue weighted by molar-refractivity contribution is -0.384. The van der Waals surface area contributed by atoms with Gasteiger partial charge in [0.15, 0.2) is 11.5 Å². The molecule has 0 bridgehead atoms. The molecule has 178 valence electrons. The number of amides is 1. The fraction of sp³-hybridized carbons (Fsp3) is 0.154. The monoisotopic (exact) mass is 489 g/mol. The highest BCUT2D eigenvalue weighted by molar-refractivity contribution is 7.20. The van der Waals surface area contributed by atoms with Crippen LogP contribution in [0.1, 0.15) is 33.3 Å². The number of hydrogen-bond acceptors (Lipinski definition) is 7. The molecule has 0 atom stereocenters. The van der Waals surface area contributed by atoms with Crippen LogP contribution in [-0.2, 0) is 6.61 Å². The Morgan fingerprint density at radius 3 is 2.60 bits per heavy atom. The second-order valence-electron chi connectivity index (χ2n) is 7.70. The van der Waals surface area contributed by atoms with E-state index in [9.17, 15) is 14.9 Å². The molecule has 4 rings (SSSR count). The van der Waals surface area contributed by atoms with E-state index in [1.165, 1.54) is 35.2 Å². The molecule has 8 nitrogen and oxygen atoms in total. The number of nitrogens with one attached hydrogen (secondary N) is 1. The first-order valence-corrected chi connectivity index (χ1v) is 11.7. The molecule has 1 heterocycles. The highest BCUT2D eigenvalue weighted by Crippen LogP contribution is 2.30. The van der Waals surface area contributed by atoms with Gasteiger partial charge in [-0.15, -0.1) is 11.3 Å². The number of nitro benzene ring substituents is 1. The summed E-state index contributed by atoms with van der Waals surface area (Å²) in [7, 11) is 0. The number of ether oxygens (including phenoxy) is 2. The van der Waals surface area contributed by atoms with E-state index in [-0.39, 0.29) is 5.69 Å². The average molecular weight is 490 g/mol. The number of aryl methyl sites for hydroxylation is 1. The summed E-state index contributed by atoms with van der Waals surface area (Å²) in [6.45, 7) is 4.83. The first-order valence-electron chi connectivity index (χ1n) is 10.9. The van der Waals surface area contributed by atoms with Gasteiger partial charge in [-0.05, 0) is 55.3 Å². The van der Waals surface area contributed by atoms with Crippen LogP contribution in [0.5, 0.6) is 11.5 Å². The zero-order valence-corrected chi connectivity index (χ0v) is 20.0. The molecule has 0 unspecified atom stereocenters. The van der Waals surface area contributed by atoms with Gasteiger partial charge in [-0.2, -0.15) is 5.10 Å². The Bertz CT molecular complexity index is 1400. The minimum absolute atomic E-state index is 0.0170. The van der Waals surface area contributed by atoms with E-state index >= 15 is 0 Å². The van der Waals surface area contributed by atoms with Crippen molar-refractivity contribution in [1.82, 2.24) is 5.43 Å². The summed E-state index contributed by atoms with van der Waals surface area (Å²) in [4.78, 5) is 23.4. The average Bonchev–Trinajstić information content (AvgIpc) is 3.28. The number of thiophene rings is 1. The molecule has 9 heteroatoms. The first-order chi connectivity index (χ1) is 16.9. The third-order valence-electron chi connectivity index (χ3n) is 5.10. The number of non-ortho nitro benzene ring substituents is 1. The number of nitrogens with zero attached hydrogens (tertiary/aromatic N) is 2. The topological polar surface area (TPSA) is 103 Å². The lowest BCUT2D eigenvalue weighted by Crippen LogP contribution is -2.16. The highest BCUT2D eigenvalue weighted by atomic mass is 32.1. The molecule has 0 radical (unpaired) electrons. The molecular weight excluding hydrogens is 466 g/mol. The number of nitro groups is 1. The zero-order valence-electron chi connectivity index (χ0n) is 19.2. The second-order valence-corrected chi connectivity index (χ2v) is 8.79. The third kappa shape index (κ3) is 6.01. The SMILES string of the molecule is CCOc1cc(C=NNC(=O)c2cc3cc([N+](=O)[O-])ccc3s2)ccc1OCc1ccc(C)cc1. The van der Waals surface area contributed by atoms with Crippen LogP contribution in [0.2, 0.25) is 0 Å². The quantitative estimate of drug-likeness (QED) is 0.180. The summed E-state index contributed by atoms with van der Waals surface area (Å²) >= 11 is 1.24. The van der Waals surface area contributed by atoms with Crippen molar-refractivity contribution in [3.63, 3.8) is 0 Å². The van der Waals surface area contributed by atoms with Crippen molar-refractivity contribution in [2.45, 2.75) is 20.5 Å². The molecule has 0 aliphatic rings. The van der Waals surface area contributed by atoms with Crippen molar-refractivity contribution >= 4 is 39.2 Å². The molecule has 0 saturated heterocycles. The van der Waals surface area contributed by atoms with E-state index < -0.39 is 10.8 Å². The lowest BCUT2D eigenvalue weighted by atomic mass is 10.2. The van der Waals surface area contributed by atoms with Crippen LogP contribution >= 0.6 is 11.3 Å². The third-order valence-corrected chi connectivity index (χ3v) is 6.21. The van der Waals surface area contributed by atoms with E-state index in [2.05, 4.69) is 10.5 Å². The summed E-state index contributed by atoms with van der Waals surface area (Å²) in [5, 5.41) is 15.6. The Balaban J connectivity index is 1.41. The minimum Gasteiger partial charge on any atom is -0.490 e. The van der Waals surface area contributed by atoms with Crippen molar-refractivity contribution in [3.05, 3.63) is 98.4 Å². The van der Waals surface area contributed by atoms with Crippen LogP contribution in [0.15, 0.2) is 71.8 Å². The van der Waals surface area contributed by atoms with Crippen molar-refractivity contribution in [2.75, 3.05) is 6.61 Å². The molecular formula is C26H23N3O5S. The van der Waals surface area contributed by atoms with Crippen LogP contribution in [0.3, 0.4) is 0 Å². The number of benzene rings is 3. The van der Waals surface area contributed by atoms with Crippen molar-refractivity contribution in [1.29, 1.82) is 0 Å². The van der Waals surface area contributed by atoms with Gasteiger partial charge in [0.05, 0.1) is 22.6 Å². The maximum Gasteiger partial charge on any atom is 0.281 e. The van der Waals surface area contributed by atoms with E-state index in [1.807, 2.05) is 44.2 Å². The van der Waals surface area contributed by atoms with Gasteiger partial charge in [0.1, 0.15) is 6.61 Å². The summed E-state index contributed by atoms with van der Waals surface area (Å²) in [6.07, 6.45) is 1.52. The van der Waals surface area contributed by atoms with Crippen molar-refractivity contribution in [2.24, 2.45) is 5.10 Å². The van der Waals surface area contributed by atoms with Gasteiger partial charge in [0.25, 0.3) is 11.6 Å². The van der Waals surface area contributed by atoms with Gasteiger partial charge >= 0.3 is 0 Å². The van der Waals surface area contributed by atoms with Crippen LogP contribution in [0, 0.1) is 17.0 Å². The number of fused-ring (bicyclic) bond motifs is 1. The molecule has 1 aromatic heterocycles. The zero-order chi connectivity index (χ0) is 24.8. The highest BCUT2D eigenvalue weighted by Gasteiger charge is 2.13. The summed E-state index contributed by atoms with van der Waals surface area (Å²) in [6, 6.07) is 19.7. The predicted molar refractivity (Wildman–Crippen MR) is 137 cm³/mol. The summed E-state index contributed by atoms with van der Waals surface area (Å²) < 4.78 is 12.4. The Kier molecular flexibility index (Phi) is 7.37. The Morgan fingerprint density at radius 2 is 1.86 bits per heavy atom. The smallest absolute Gasteiger partial charge is 0.281 e. The van der Waals surface area contributed by atoms with Crippen LogP contribution in [0.25, 0.3) is 10.1 Å². The van der Waals surface area contributed by atoms with Gasteiger partial charge < -0.3 is 9.47 Å². The molecule has 0 aliphatic carbocycles. The number of hydrazone groups is 1. The molecule has 0 spiro atoms. The number of hydrogen-bond donors (Lipinski definition) is 1. The molecule has 1 N–H and O–H groups in total. The first kappa shape index (κ1) is 23.9. The van der Waals surface area contributed by atoms with E-state index in [4.69, 9.17) is 9.47 Å². The maximum atomic E-state index is 12.5. The molecule has 4 aromatic rings. The fourth-order valence-corrected chi connectivity index (χ4v) is 4.25. The van der Waals surface area contributed by atoms with Crippen LogP contribution in [-0.4, -0.2) is 23.7 Å². The molecule has 1 amide bonds. The van der Waals surface area contributed by atoms with Crippen LogP contribution < -0.4 is 14.9 Å². The van der Waals surface area contributed by atoms with Crippen LogP contribution in [0.4, 0.5) is 5.69 Å². The molecule has 35 heavy (non-hydrogen) atoms. The number of carbonyl (C=O) groups excluding carboxylic acids is 1. The van der Waals surface area contributed by atoms with Crippen molar-refractivity contribution in [3.8, 4) is 11.5 Å². The fourth-order valence-electron chi connectivity index (χ4n) is 3.31. The second kappa shape index (κ2) is 10.8. The Morgan fingerprint density at radius 1 is 1.06 bits per heavy atom. The summed E-state index contributed by atoms with van der Waals surface area (Å²) in [5.74, 6) is 0.808. The van der Waals surface area contributed by atoms with Gasteiger partial charge in [-0.25, -0.2) is 5.43 Å². The lowest BCUT2D eigenvalue weighted by Gasteiger charge is -2.12. The molecule has 0 saturated carbocycles. The van der Waals surface area contributed by atoms with E-state index in [0.29, 0.717) is 35.0 Å². The van der Waals surface area contributed by atoms with Crippen molar-refractivity contribution < 1.29 is 19.2 Å². The van der Waals surface area contributed by atoms with Gasteiger partial charge in [0, 0.05) is 22.2 Å². The maximum absolute atomic E-state index is 12.5. The Labute approximate surface area is 206 Å². The van der Waals surface area contributed by atoms with Gasteiger partial charge in [0.2, 0.25) is 0 Å². The molecule has 0 fully saturated rings. The molecule has 3 aromatic carbocycles. The normalized spacial score (nSPS) is 11.0.